The van der Waals surface area contributed by atoms with E-state index < -0.39 is 4.92 Å². The maximum Gasteiger partial charge on any atom is 0.270 e. The van der Waals surface area contributed by atoms with E-state index in [0.717, 1.165) is 0 Å². The smallest absolute Gasteiger partial charge is 0.270 e. The fourth-order valence-corrected chi connectivity index (χ4v) is 2.27. The average Bonchev–Trinajstić information content (AvgIpc) is 2.49. The van der Waals surface area contributed by atoms with E-state index in [0.29, 0.717) is 18.7 Å². The highest BCUT2D eigenvalue weighted by atomic mass is 16.6. The molecule has 1 heterocycles. The zero-order chi connectivity index (χ0) is 15.4. The predicted octanol–water partition coefficient (Wildman–Crippen LogP) is 0.859. The molecule has 7 nitrogen and oxygen atoms in total. The Balaban J connectivity index is 2.06. The van der Waals surface area contributed by atoms with Gasteiger partial charge in [0.25, 0.3) is 5.69 Å². The monoisotopic (exact) mass is 294 g/mol. The Morgan fingerprint density at radius 2 is 2.33 bits per heavy atom. The molecule has 1 aromatic rings. The number of benzene rings is 1. The fourth-order valence-electron chi connectivity index (χ4n) is 2.27. The summed E-state index contributed by atoms with van der Waals surface area (Å²) in [6.07, 6.45) is -0.292. The number of ketones is 1. The van der Waals surface area contributed by atoms with Crippen LogP contribution in [-0.2, 0) is 4.74 Å². The van der Waals surface area contributed by atoms with Gasteiger partial charge in [-0.2, -0.15) is 0 Å². The van der Waals surface area contributed by atoms with E-state index >= 15 is 0 Å². The Kier molecular flexibility index (Phi) is 5.00. The molecule has 0 radical (unpaired) electrons. The van der Waals surface area contributed by atoms with E-state index in [1.54, 1.807) is 6.07 Å². The molecule has 0 spiro atoms. The number of carbonyl (C=O) groups is 1. The van der Waals surface area contributed by atoms with Crippen molar-refractivity contribution in [2.45, 2.75) is 19.1 Å². The zero-order valence-corrected chi connectivity index (χ0v) is 11.8. The number of ether oxygens (including phenoxy) is 1. The number of nitro groups is 1. The van der Waals surface area contributed by atoms with Gasteiger partial charge in [-0.1, -0.05) is 12.1 Å². The van der Waals surface area contributed by atoms with E-state index in [1.807, 2.05) is 11.8 Å². The van der Waals surface area contributed by atoms with Crippen molar-refractivity contribution in [3.8, 4) is 0 Å². The molecular weight excluding hydrogens is 276 g/mol. The van der Waals surface area contributed by atoms with E-state index in [-0.39, 0.29) is 36.8 Å². The SMILES string of the molecule is CC1COC(CO)CN1CC(=O)c1cccc([N+](=O)[O-])c1. The summed E-state index contributed by atoms with van der Waals surface area (Å²) in [6.45, 7) is 2.93. The van der Waals surface area contributed by atoms with Gasteiger partial charge >= 0.3 is 0 Å². The van der Waals surface area contributed by atoms with Crippen molar-refractivity contribution in [1.29, 1.82) is 0 Å². The molecule has 0 aliphatic carbocycles. The van der Waals surface area contributed by atoms with E-state index in [1.165, 1.54) is 18.2 Å². The molecule has 0 amide bonds. The standard InChI is InChI=1S/C14H18N2O5/c1-10-9-21-13(8-17)6-15(10)7-14(18)11-3-2-4-12(5-11)16(19)20/h2-5,10,13,17H,6-9H2,1H3. The Morgan fingerprint density at radius 1 is 1.57 bits per heavy atom. The maximum atomic E-state index is 12.3. The molecule has 1 aromatic carbocycles. The number of aliphatic hydroxyl groups is 1. The van der Waals surface area contributed by atoms with Crippen molar-refractivity contribution in [3.63, 3.8) is 0 Å². The zero-order valence-electron chi connectivity index (χ0n) is 11.8. The topological polar surface area (TPSA) is 92.9 Å². The summed E-state index contributed by atoms with van der Waals surface area (Å²) in [5.41, 5.74) is 0.229. The minimum atomic E-state index is -0.518. The van der Waals surface area contributed by atoms with Gasteiger partial charge in [0.15, 0.2) is 5.78 Å². The molecule has 114 valence electrons. The highest BCUT2D eigenvalue weighted by Crippen LogP contribution is 2.16. The summed E-state index contributed by atoms with van der Waals surface area (Å²) in [4.78, 5) is 24.4. The lowest BCUT2D eigenvalue weighted by molar-refractivity contribution is -0.384. The minimum Gasteiger partial charge on any atom is -0.394 e. The molecule has 1 aliphatic rings. The summed E-state index contributed by atoms with van der Waals surface area (Å²) < 4.78 is 5.42. The number of nitro benzene ring substituents is 1. The second-order valence-corrected chi connectivity index (χ2v) is 5.15. The molecule has 2 rings (SSSR count). The Labute approximate surface area is 122 Å². The molecule has 1 N–H and O–H groups in total. The van der Waals surface area contributed by atoms with Gasteiger partial charge < -0.3 is 9.84 Å². The van der Waals surface area contributed by atoms with E-state index in [2.05, 4.69) is 0 Å². The van der Waals surface area contributed by atoms with Gasteiger partial charge in [0.1, 0.15) is 0 Å². The second kappa shape index (κ2) is 6.75. The van der Waals surface area contributed by atoms with Gasteiger partial charge in [-0.05, 0) is 6.92 Å². The summed E-state index contributed by atoms with van der Waals surface area (Å²) in [7, 11) is 0. The van der Waals surface area contributed by atoms with Crippen LogP contribution in [-0.4, -0.2) is 59.2 Å². The van der Waals surface area contributed by atoms with Crippen LogP contribution in [0.3, 0.4) is 0 Å². The van der Waals surface area contributed by atoms with Crippen molar-refractivity contribution >= 4 is 11.5 Å². The number of hydrogen-bond donors (Lipinski definition) is 1. The number of carbonyl (C=O) groups excluding carboxylic acids is 1. The first-order chi connectivity index (χ1) is 10.0. The Hall–Kier alpha value is -1.83. The number of rotatable bonds is 5. The minimum absolute atomic E-state index is 0.0652. The Morgan fingerprint density at radius 3 is 3.00 bits per heavy atom. The van der Waals surface area contributed by atoms with E-state index in [4.69, 9.17) is 9.84 Å². The van der Waals surface area contributed by atoms with Crippen LogP contribution in [0.1, 0.15) is 17.3 Å². The molecule has 1 saturated heterocycles. The first kappa shape index (κ1) is 15.6. The van der Waals surface area contributed by atoms with Crippen LogP contribution >= 0.6 is 0 Å². The van der Waals surface area contributed by atoms with Crippen molar-refractivity contribution in [2.75, 3.05) is 26.3 Å². The van der Waals surface area contributed by atoms with Gasteiger partial charge in [0.2, 0.25) is 0 Å². The molecular formula is C14H18N2O5. The summed E-state index contributed by atoms with van der Waals surface area (Å²) in [6, 6.07) is 5.79. The van der Waals surface area contributed by atoms with Gasteiger partial charge in [0.05, 0.1) is 30.8 Å². The first-order valence-electron chi connectivity index (χ1n) is 6.75. The van der Waals surface area contributed by atoms with Crippen LogP contribution in [0.2, 0.25) is 0 Å². The lowest BCUT2D eigenvalue weighted by atomic mass is 10.1. The molecule has 2 atom stereocenters. The first-order valence-corrected chi connectivity index (χ1v) is 6.75. The van der Waals surface area contributed by atoms with E-state index in [9.17, 15) is 14.9 Å². The fraction of sp³-hybridized carbons (Fsp3) is 0.500. The van der Waals surface area contributed by atoms with Gasteiger partial charge in [-0.15, -0.1) is 0 Å². The number of hydrogen-bond acceptors (Lipinski definition) is 6. The number of aliphatic hydroxyl groups excluding tert-OH is 1. The third kappa shape index (κ3) is 3.84. The summed E-state index contributed by atoms with van der Waals surface area (Å²) >= 11 is 0. The number of nitrogens with zero attached hydrogens (tertiary/aromatic N) is 2. The summed E-state index contributed by atoms with van der Waals surface area (Å²) in [5.74, 6) is -0.177. The number of morpholine rings is 1. The Bertz CT molecular complexity index is 534. The van der Waals surface area contributed by atoms with Crippen LogP contribution in [0.25, 0.3) is 0 Å². The van der Waals surface area contributed by atoms with Crippen LogP contribution < -0.4 is 0 Å². The molecule has 0 bridgehead atoms. The number of Topliss-reactive ketones (excluding diaryl/α,β-unsaturated/α-hetero) is 1. The lowest BCUT2D eigenvalue weighted by Gasteiger charge is -2.36. The van der Waals surface area contributed by atoms with Gasteiger partial charge in [-0.25, -0.2) is 0 Å². The van der Waals surface area contributed by atoms with Crippen molar-refractivity contribution in [3.05, 3.63) is 39.9 Å². The molecule has 2 unspecified atom stereocenters. The normalized spacial score (nSPS) is 23.0. The molecule has 0 saturated carbocycles. The molecule has 21 heavy (non-hydrogen) atoms. The third-order valence-corrected chi connectivity index (χ3v) is 3.56. The second-order valence-electron chi connectivity index (χ2n) is 5.15. The number of non-ortho nitro benzene ring substituents is 1. The third-order valence-electron chi connectivity index (χ3n) is 3.56. The van der Waals surface area contributed by atoms with Crippen molar-refractivity contribution in [1.82, 2.24) is 4.90 Å². The predicted molar refractivity (Wildman–Crippen MR) is 75.3 cm³/mol. The van der Waals surface area contributed by atoms with Gasteiger partial charge in [-0.3, -0.25) is 19.8 Å². The molecule has 1 aliphatic heterocycles. The highest BCUT2D eigenvalue weighted by Gasteiger charge is 2.27. The molecule has 1 fully saturated rings. The summed E-state index contributed by atoms with van der Waals surface area (Å²) in [5, 5.41) is 19.9. The maximum absolute atomic E-state index is 12.3. The van der Waals surface area contributed by atoms with Crippen LogP contribution in [0.15, 0.2) is 24.3 Å². The largest absolute Gasteiger partial charge is 0.394 e. The van der Waals surface area contributed by atoms with Gasteiger partial charge in [0, 0.05) is 30.3 Å². The molecule has 7 heteroatoms. The van der Waals surface area contributed by atoms with Crippen LogP contribution in [0.4, 0.5) is 5.69 Å². The van der Waals surface area contributed by atoms with Crippen LogP contribution in [0, 0.1) is 10.1 Å². The van der Waals surface area contributed by atoms with Crippen molar-refractivity contribution < 1.29 is 19.6 Å². The molecule has 0 aromatic heterocycles. The van der Waals surface area contributed by atoms with Crippen LogP contribution in [0.5, 0.6) is 0 Å². The quantitative estimate of drug-likeness (QED) is 0.492. The highest BCUT2D eigenvalue weighted by molar-refractivity contribution is 5.98. The lowest BCUT2D eigenvalue weighted by Crippen LogP contribution is -2.51. The average molecular weight is 294 g/mol. The van der Waals surface area contributed by atoms with Crippen molar-refractivity contribution in [2.24, 2.45) is 0 Å².